The van der Waals surface area contributed by atoms with E-state index in [4.69, 9.17) is 17.3 Å². The van der Waals surface area contributed by atoms with E-state index in [1.807, 2.05) is 19.1 Å². The molecule has 4 heteroatoms. The van der Waals surface area contributed by atoms with Crippen LogP contribution in [0.5, 0.6) is 0 Å². The molecule has 0 fully saturated rings. The van der Waals surface area contributed by atoms with Crippen molar-refractivity contribution in [3.8, 4) is 0 Å². The quantitative estimate of drug-likeness (QED) is 0.884. The number of hydrogen-bond donors (Lipinski definition) is 2. The molecule has 1 rings (SSSR count). The summed E-state index contributed by atoms with van der Waals surface area (Å²) in [5.41, 5.74) is 7.81. The van der Waals surface area contributed by atoms with Gasteiger partial charge in [0.1, 0.15) is 0 Å². The monoisotopic (exact) mass is 282 g/mol. The van der Waals surface area contributed by atoms with Crippen molar-refractivity contribution in [1.29, 1.82) is 0 Å². The molecule has 0 aliphatic heterocycles. The lowest BCUT2D eigenvalue weighted by atomic mass is 9.87. The fourth-order valence-corrected chi connectivity index (χ4v) is 2.16. The highest BCUT2D eigenvalue weighted by molar-refractivity contribution is 6.31. The number of benzene rings is 1. The van der Waals surface area contributed by atoms with Gasteiger partial charge in [0.2, 0.25) is 5.91 Å². The van der Waals surface area contributed by atoms with Crippen LogP contribution in [0.4, 0.5) is 5.69 Å². The molecule has 1 atom stereocenters. The molecule has 19 heavy (non-hydrogen) atoms. The van der Waals surface area contributed by atoms with E-state index in [1.54, 1.807) is 6.07 Å². The molecule has 0 saturated heterocycles. The van der Waals surface area contributed by atoms with Crippen LogP contribution in [0.25, 0.3) is 0 Å². The summed E-state index contributed by atoms with van der Waals surface area (Å²) in [5.74, 6) is -0.0725. The molecule has 3 N–H and O–H groups in total. The molecule has 0 heterocycles. The van der Waals surface area contributed by atoms with E-state index in [2.05, 4.69) is 26.1 Å². The Morgan fingerprint density at radius 2 is 2.05 bits per heavy atom. The first-order valence-electron chi connectivity index (χ1n) is 6.49. The highest BCUT2D eigenvalue weighted by Crippen LogP contribution is 2.22. The maximum absolute atomic E-state index is 11.9. The van der Waals surface area contributed by atoms with Crippen molar-refractivity contribution < 1.29 is 4.79 Å². The second kappa shape index (κ2) is 6.40. The summed E-state index contributed by atoms with van der Waals surface area (Å²) in [7, 11) is 0. The lowest BCUT2D eigenvalue weighted by molar-refractivity contribution is -0.116. The first-order chi connectivity index (χ1) is 8.67. The normalized spacial score (nSPS) is 13.2. The van der Waals surface area contributed by atoms with Crippen molar-refractivity contribution >= 4 is 23.2 Å². The van der Waals surface area contributed by atoms with Gasteiger partial charge in [0.05, 0.1) is 0 Å². The molecule has 1 aromatic rings. The van der Waals surface area contributed by atoms with Gasteiger partial charge in [-0.1, -0.05) is 38.4 Å². The Bertz CT molecular complexity index is 452. The molecule has 0 aliphatic rings. The maximum atomic E-state index is 11.9. The Labute approximate surface area is 120 Å². The van der Waals surface area contributed by atoms with Gasteiger partial charge in [-0.3, -0.25) is 4.79 Å². The first kappa shape index (κ1) is 16.0. The van der Waals surface area contributed by atoms with Crippen LogP contribution in [-0.2, 0) is 4.79 Å². The summed E-state index contributed by atoms with van der Waals surface area (Å²) >= 11 is 6.01. The molecule has 1 aromatic carbocycles. The topological polar surface area (TPSA) is 55.1 Å². The molecule has 0 radical (unpaired) electrons. The van der Waals surface area contributed by atoms with Gasteiger partial charge in [0.25, 0.3) is 0 Å². The third-order valence-electron chi connectivity index (χ3n) is 2.78. The second-order valence-corrected chi connectivity index (χ2v) is 6.65. The average Bonchev–Trinajstić information content (AvgIpc) is 2.20. The summed E-state index contributed by atoms with van der Waals surface area (Å²) in [5, 5.41) is 3.47. The number of hydrogen-bond acceptors (Lipinski definition) is 2. The van der Waals surface area contributed by atoms with Crippen molar-refractivity contribution in [2.45, 2.75) is 46.6 Å². The van der Waals surface area contributed by atoms with Crippen LogP contribution in [0.1, 0.15) is 39.2 Å². The fourth-order valence-electron chi connectivity index (χ4n) is 1.98. The summed E-state index contributed by atoms with van der Waals surface area (Å²) in [6, 6.07) is 5.35. The summed E-state index contributed by atoms with van der Waals surface area (Å²) in [4.78, 5) is 11.9. The van der Waals surface area contributed by atoms with Crippen molar-refractivity contribution in [2.75, 3.05) is 5.32 Å². The van der Waals surface area contributed by atoms with Crippen molar-refractivity contribution in [3.63, 3.8) is 0 Å². The number of rotatable bonds is 4. The molecule has 1 amide bonds. The third kappa shape index (κ3) is 6.08. The zero-order valence-corrected chi connectivity index (χ0v) is 12.8. The number of carbonyl (C=O) groups excluding carboxylic acids is 1. The molecule has 0 aliphatic carbocycles. The van der Waals surface area contributed by atoms with Gasteiger partial charge >= 0.3 is 0 Å². The van der Waals surface area contributed by atoms with Crippen molar-refractivity contribution in [3.05, 3.63) is 28.8 Å². The van der Waals surface area contributed by atoms with Crippen molar-refractivity contribution in [1.82, 2.24) is 0 Å². The lowest BCUT2D eigenvalue weighted by Gasteiger charge is -2.22. The number of nitrogens with two attached hydrogens (primary N) is 1. The second-order valence-electron chi connectivity index (χ2n) is 6.24. The molecule has 0 spiro atoms. The lowest BCUT2D eigenvalue weighted by Crippen LogP contribution is -2.31. The highest BCUT2D eigenvalue weighted by Gasteiger charge is 2.18. The van der Waals surface area contributed by atoms with Crippen LogP contribution < -0.4 is 11.1 Å². The van der Waals surface area contributed by atoms with Crippen LogP contribution in [0, 0.1) is 12.3 Å². The Morgan fingerprint density at radius 3 is 2.58 bits per heavy atom. The number of aryl methyl sites for hydroxylation is 1. The zero-order chi connectivity index (χ0) is 14.6. The highest BCUT2D eigenvalue weighted by atomic mass is 35.5. The standard InChI is InChI=1S/C15H23ClN2O/c1-10-5-6-12(8-13(10)16)18-14(19)7-11(17)9-15(2,3)4/h5-6,8,11H,7,9,17H2,1-4H3,(H,18,19). The van der Waals surface area contributed by atoms with E-state index in [0.717, 1.165) is 12.0 Å². The number of halogens is 1. The van der Waals surface area contributed by atoms with Crippen molar-refractivity contribution in [2.24, 2.45) is 11.1 Å². The van der Waals surface area contributed by atoms with Gasteiger partial charge in [-0.15, -0.1) is 0 Å². The minimum atomic E-state index is -0.124. The van der Waals surface area contributed by atoms with E-state index < -0.39 is 0 Å². The summed E-state index contributed by atoms with van der Waals surface area (Å²) in [6.45, 7) is 8.27. The minimum absolute atomic E-state index is 0.0725. The minimum Gasteiger partial charge on any atom is -0.327 e. The third-order valence-corrected chi connectivity index (χ3v) is 3.18. The van der Waals surface area contributed by atoms with Crippen LogP contribution in [0.2, 0.25) is 5.02 Å². The SMILES string of the molecule is Cc1ccc(NC(=O)CC(N)CC(C)(C)C)cc1Cl. The Kier molecular flexibility index (Phi) is 5.39. The molecule has 0 saturated carbocycles. The van der Waals surface area contributed by atoms with E-state index in [9.17, 15) is 4.79 Å². The molecular formula is C15H23ClN2O. The smallest absolute Gasteiger partial charge is 0.225 e. The molecule has 1 unspecified atom stereocenters. The van der Waals surface area contributed by atoms with Gasteiger partial charge in [-0.2, -0.15) is 0 Å². The number of anilines is 1. The maximum Gasteiger partial charge on any atom is 0.225 e. The predicted octanol–water partition coefficient (Wildman–Crippen LogP) is 3.74. The number of amides is 1. The van der Waals surface area contributed by atoms with Crippen LogP contribution >= 0.6 is 11.6 Å². The number of nitrogens with one attached hydrogen (secondary N) is 1. The van der Waals surface area contributed by atoms with E-state index in [-0.39, 0.29) is 17.4 Å². The summed E-state index contributed by atoms with van der Waals surface area (Å²) in [6.07, 6.45) is 1.14. The fraction of sp³-hybridized carbons (Fsp3) is 0.533. The van der Waals surface area contributed by atoms with E-state index in [0.29, 0.717) is 17.1 Å². The predicted molar refractivity (Wildman–Crippen MR) is 81.5 cm³/mol. The Hall–Kier alpha value is -1.06. The molecule has 0 aromatic heterocycles. The van der Waals surface area contributed by atoms with E-state index in [1.165, 1.54) is 0 Å². The summed E-state index contributed by atoms with van der Waals surface area (Å²) < 4.78 is 0. The Balaban J connectivity index is 2.53. The Morgan fingerprint density at radius 1 is 1.42 bits per heavy atom. The zero-order valence-electron chi connectivity index (χ0n) is 12.1. The average molecular weight is 283 g/mol. The van der Waals surface area contributed by atoms with Crippen LogP contribution in [0.3, 0.4) is 0 Å². The van der Waals surface area contributed by atoms with Gasteiger partial charge in [0.15, 0.2) is 0 Å². The van der Waals surface area contributed by atoms with Gasteiger partial charge in [-0.05, 0) is 36.5 Å². The molecular weight excluding hydrogens is 260 g/mol. The van der Waals surface area contributed by atoms with E-state index >= 15 is 0 Å². The van der Waals surface area contributed by atoms with Gasteiger partial charge in [0, 0.05) is 23.2 Å². The van der Waals surface area contributed by atoms with Gasteiger partial charge in [-0.25, -0.2) is 0 Å². The first-order valence-corrected chi connectivity index (χ1v) is 6.87. The largest absolute Gasteiger partial charge is 0.327 e. The van der Waals surface area contributed by atoms with Gasteiger partial charge < -0.3 is 11.1 Å². The van der Waals surface area contributed by atoms with Crippen LogP contribution in [0.15, 0.2) is 18.2 Å². The molecule has 106 valence electrons. The molecule has 3 nitrogen and oxygen atoms in total. The molecule has 0 bridgehead atoms. The van der Waals surface area contributed by atoms with Crippen LogP contribution in [-0.4, -0.2) is 11.9 Å². The number of carbonyl (C=O) groups is 1.